The number of aromatic nitrogens is 2. The van der Waals surface area contributed by atoms with Crippen LogP contribution in [0, 0.1) is 0 Å². The Bertz CT molecular complexity index is 813. The van der Waals surface area contributed by atoms with E-state index in [9.17, 15) is 0 Å². The Hall–Kier alpha value is -2.34. The van der Waals surface area contributed by atoms with Crippen molar-refractivity contribution in [3.05, 3.63) is 42.0 Å². The molecular weight excluding hydrogens is 320 g/mol. The van der Waals surface area contributed by atoms with Gasteiger partial charge >= 0.3 is 0 Å². The van der Waals surface area contributed by atoms with Crippen molar-refractivity contribution >= 4 is 33.1 Å². The van der Waals surface area contributed by atoms with Gasteiger partial charge in [0.2, 0.25) is 0 Å². The number of hydrogen-bond donors (Lipinski definition) is 1. The molecule has 124 valence electrons. The van der Waals surface area contributed by atoms with Gasteiger partial charge in [-0.3, -0.25) is 4.98 Å². The molecule has 0 atom stereocenters. The number of anilines is 2. The Labute approximate surface area is 145 Å². The normalized spacial score (nSPS) is 15.6. The summed E-state index contributed by atoms with van der Waals surface area (Å²) in [4.78, 5) is 11.3. The van der Waals surface area contributed by atoms with E-state index < -0.39 is 0 Å². The predicted molar refractivity (Wildman–Crippen MR) is 99.3 cm³/mol. The van der Waals surface area contributed by atoms with Crippen LogP contribution in [0.25, 0.3) is 10.9 Å². The maximum atomic E-state index is 5.45. The Balaban J connectivity index is 1.52. The van der Waals surface area contributed by atoms with Crippen molar-refractivity contribution in [3.8, 4) is 5.75 Å². The zero-order valence-electron chi connectivity index (χ0n) is 13.6. The second-order valence-electron chi connectivity index (χ2n) is 5.93. The zero-order valence-corrected chi connectivity index (χ0v) is 14.4. The van der Waals surface area contributed by atoms with Gasteiger partial charge in [0.15, 0.2) is 5.13 Å². The van der Waals surface area contributed by atoms with Crippen LogP contribution in [0.1, 0.15) is 12.8 Å². The van der Waals surface area contributed by atoms with Gasteiger partial charge in [-0.05, 0) is 25.0 Å². The quantitative estimate of drug-likeness (QED) is 0.783. The van der Waals surface area contributed by atoms with Crippen LogP contribution in [0.4, 0.5) is 10.8 Å². The number of ether oxygens (including phenoxy) is 1. The maximum absolute atomic E-state index is 5.45. The zero-order chi connectivity index (χ0) is 16.4. The van der Waals surface area contributed by atoms with E-state index in [-0.39, 0.29) is 0 Å². The maximum Gasteiger partial charge on any atom is 0.182 e. The summed E-state index contributed by atoms with van der Waals surface area (Å²) in [5.74, 6) is 0.828. The van der Waals surface area contributed by atoms with Gasteiger partial charge in [0.1, 0.15) is 11.3 Å². The first kappa shape index (κ1) is 15.2. The summed E-state index contributed by atoms with van der Waals surface area (Å²) < 4.78 is 5.45. The molecule has 1 fully saturated rings. The average molecular weight is 340 g/mol. The predicted octanol–water partition coefficient (Wildman–Crippen LogP) is 3.78. The molecule has 4 rings (SSSR count). The molecule has 2 aromatic heterocycles. The van der Waals surface area contributed by atoms with Gasteiger partial charge in [-0.1, -0.05) is 12.1 Å². The lowest BCUT2D eigenvalue weighted by atomic mass is 10.0. The number of thiazole rings is 1. The van der Waals surface area contributed by atoms with E-state index in [4.69, 9.17) is 4.74 Å². The van der Waals surface area contributed by atoms with Crippen molar-refractivity contribution < 1.29 is 4.74 Å². The fraction of sp³-hybridized carbons (Fsp3) is 0.333. The Morgan fingerprint density at radius 1 is 1.17 bits per heavy atom. The van der Waals surface area contributed by atoms with Crippen LogP contribution in [0.15, 0.2) is 42.0 Å². The minimum Gasteiger partial charge on any atom is -0.494 e. The molecule has 1 aliphatic heterocycles. The second-order valence-corrected chi connectivity index (χ2v) is 6.82. The Morgan fingerprint density at radius 2 is 2.04 bits per heavy atom. The van der Waals surface area contributed by atoms with E-state index in [1.807, 2.05) is 29.9 Å². The molecule has 3 heterocycles. The summed E-state index contributed by atoms with van der Waals surface area (Å²) in [5.41, 5.74) is 2.17. The van der Waals surface area contributed by atoms with Gasteiger partial charge in [0.05, 0.1) is 7.11 Å². The van der Waals surface area contributed by atoms with Crippen LogP contribution >= 0.6 is 11.3 Å². The van der Waals surface area contributed by atoms with E-state index in [1.54, 1.807) is 18.4 Å². The first-order valence-corrected chi connectivity index (χ1v) is 9.06. The molecule has 0 aliphatic carbocycles. The van der Waals surface area contributed by atoms with Crippen molar-refractivity contribution in [2.45, 2.75) is 18.9 Å². The van der Waals surface area contributed by atoms with Crippen LogP contribution < -0.4 is 15.0 Å². The second kappa shape index (κ2) is 6.65. The summed E-state index contributed by atoms with van der Waals surface area (Å²) in [5, 5.41) is 7.72. The standard InChI is InChI=1S/C18H20N4OS/c1-23-16-4-2-3-14-15(5-8-19-17(14)16)22-10-6-13(7-11-22)21-18-20-9-12-24-18/h2-5,8-9,12-13H,6-7,10-11H2,1H3,(H,20,21). The van der Waals surface area contributed by atoms with Gasteiger partial charge in [-0.25, -0.2) is 4.98 Å². The molecule has 1 aromatic carbocycles. The summed E-state index contributed by atoms with van der Waals surface area (Å²) >= 11 is 1.66. The monoisotopic (exact) mass is 340 g/mol. The highest BCUT2D eigenvalue weighted by molar-refractivity contribution is 7.13. The van der Waals surface area contributed by atoms with Crippen molar-refractivity contribution in [1.29, 1.82) is 0 Å². The molecule has 0 unspecified atom stereocenters. The van der Waals surface area contributed by atoms with E-state index in [1.165, 1.54) is 5.69 Å². The first-order valence-electron chi connectivity index (χ1n) is 8.18. The average Bonchev–Trinajstić information content (AvgIpc) is 3.14. The van der Waals surface area contributed by atoms with Gasteiger partial charge in [0, 0.05) is 48.0 Å². The van der Waals surface area contributed by atoms with Gasteiger partial charge in [-0.15, -0.1) is 11.3 Å². The lowest BCUT2D eigenvalue weighted by Crippen LogP contribution is -2.39. The number of para-hydroxylation sites is 1. The largest absolute Gasteiger partial charge is 0.494 e. The number of nitrogens with one attached hydrogen (secondary N) is 1. The van der Waals surface area contributed by atoms with Gasteiger partial charge in [-0.2, -0.15) is 0 Å². The van der Waals surface area contributed by atoms with Crippen molar-refractivity contribution in [1.82, 2.24) is 9.97 Å². The van der Waals surface area contributed by atoms with Crippen LogP contribution in [0.3, 0.4) is 0 Å². The summed E-state index contributed by atoms with van der Waals surface area (Å²) in [7, 11) is 1.69. The number of nitrogens with zero attached hydrogens (tertiary/aromatic N) is 3. The van der Waals surface area contributed by atoms with E-state index >= 15 is 0 Å². The molecule has 6 heteroatoms. The molecular formula is C18H20N4OS. The Kier molecular flexibility index (Phi) is 4.21. The van der Waals surface area contributed by atoms with E-state index in [0.717, 1.165) is 47.7 Å². The number of rotatable bonds is 4. The number of benzene rings is 1. The first-order chi connectivity index (χ1) is 11.8. The SMILES string of the molecule is COc1cccc2c(N3CCC(Nc4nccs4)CC3)ccnc12. The number of pyridine rings is 1. The highest BCUT2D eigenvalue weighted by Gasteiger charge is 2.21. The molecule has 24 heavy (non-hydrogen) atoms. The number of hydrogen-bond acceptors (Lipinski definition) is 6. The molecule has 0 spiro atoms. The molecule has 0 bridgehead atoms. The third kappa shape index (κ3) is 2.89. The summed E-state index contributed by atoms with van der Waals surface area (Å²) in [6, 6.07) is 8.72. The van der Waals surface area contributed by atoms with Crippen LogP contribution in [-0.4, -0.2) is 36.2 Å². The Morgan fingerprint density at radius 3 is 2.79 bits per heavy atom. The molecule has 1 aliphatic rings. The third-order valence-corrected chi connectivity index (χ3v) is 5.23. The van der Waals surface area contributed by atoms with Crippen LogP contribution in [0.2, 0.25) is 0 Å². The lowest BCUT2D eigenvalue weighted by molar-refractivity contribution is 0.419. The van der Waals surface area contributed by atoms with Crippen LogP contribution in [-0.2, 0) is 0 Å². The molecule has 1 N–H and O–H groups in total. The molecule has 3 aromatic rings. The topological polar surface area (TPSA) is 50.3 Å². The lowest BCUT2D eigenvalue weighted by Gasteiger charge is -2.34. The molecule has 1 saturated heterocycles. The fourth-order valence-electron chi connectivity index (χ4n) is 3.31. The number of methoxy groups -OCH3 is 1. The minimum atomic E-state index is 0.495. The third-order valence-electron chi connectivity index (χ3n) is 4.53. The van der Waals surface area contributed by atoms with Crippen LogP contribution in [0.5, 0.6) is 5.75 Å². The smallest absolute Gasteiger partial charge is 0.182 e. The molecule has 5 nitrogen and oxygen atoms in total. The molecule has 0 radical (unpaired) electrons. The number of fused-ring (bicyclic) bond motifs is 1. The van der Waals surface area contributed by atoms with Crippen molar-refractivity contribution in [3.63, 3.8) is 0 Å². The van der Waals surface area contributed by atoms with Crippen molar-refractivity contribution in [2.24, 2.45) is 0 Å². The molecule has 0 amide bonds. The highest BCUT2D eigenvalue weighted by atomic mass is 32.1. The van der Waals surface area contributed by atoms with Crippen molar-refractivity contribution in [2.75, 3.05) is 30.4 Å². The van der Waals surface area contributed by atoms with Gasteiger partial charge < -0.3 is 15.0 Å². The minimum absolute atomic E-state index is 0.495. The van der Waals surface area contributed by atoms with E-state index in [2.05, 4.69) is 32.3 Å². The van der Waals surface area contributed by atoms with E-state index in [0.29, 0.717) is 6.04 Å². The highest BCUT2D eigenvalue weighted by Crippen LogP contribution is 2.32. The van der Waals surface area contributed by atoms with Gasteiger partial charge in [0.25, 0.3) is 0 Å². The summed E-state index contributed by atoms with van der Waals surface area (Å²) in [6.07, 6.45) is 5.93. The fourth-order valence-corrected chi connectivity index (χ4v) is 3.92. The number of piperidine rings is 1. The molecule has 0 saturated carbocycles. The summed E-state index contributed by atoms with van der Waals surface area (Å²) in [6.45, 7) is 2.05.